The number of ketones is 1. The fraction of sp³-hybridized carbons (Fsp3) is 0.923. The molecule has 2 fully saturated rings. The first kappa shape index (κ1) is 12.4. The zero-order valence-electron chi connectivity index (χ0n) is 10.3. The third kappa shape index (κ3) is 2.45. The molecule has 2 nitrogen and oxygen atoms in total. The summed E-state index contributed by atoms with van der Waals surface area (Å²) in [5.74, 6) is 3.57. The molecule has 3 unspecified atom stereocenters. The third-order valence-corrected chi connectivity index (χ3v) is 5.38. The predicted molar refractivity (Wildman–Crippen MR) is 67.8 cm³/mol. The van der Waals surface area contributed by atoms with Gasteiger partial charge in [-0.2, -0.15) is 11.8 Å². The highest BCUT2D eigenvalue weighted by molar-refractivity contribution is 7.99. The van der Waals surface area contributed by atoms with Gasteiger partial charge in [0.15, 0.2) is 0 Å². The Bertz CT molecular complexity index is 259. The summed E-state index contributed by atoms with van der Waals surface area (Å²) < 4.78 is 5.99. The molecule has 0 aliphatic carbocycles. The Balaban J connectivity index is 1.98. The van der Waals surface area contributed by atoms with E-state index in [4.69, 9.17) is 4.74 Å². The van der Waals surface area contributed by atoms with Crippen LogP contribution in [0.1, 0.15) is 39.5 Å². The first-order valence-corrected chi connectivity index (χ1v) is 7.57. The van der Waals surface area contributed by atoms with Gasteiger partial charge in [-0.25, -0.2) is 0 Å². The van der Waals surface area contributed by atoms with Crippen molar-refractivity contribution in [3.8, 4) is 0 Å². The number of thioether (sulfide) groups is 1. The second kappa shape index (κ2) is 5.09. The van der Waals surface area contributed by atoms with E-state index in [-0.39, 0.29) is 11.5 Å². The lowest BCUT2D eigenvalue weighted by molar-refractivity contribution is -0.129. The van der Waals surface area contributed by atoms with E-state index in [0.717, 1.165) is 25.2 Å². The van der Waals surface area contributed by atoms with Gasteiger partial charge in [-0.15, -0.1) is 0 Å². The lowest BCUT2D eigenvalue weighted by Gasteiger charge is -2.39. The van der Waals surface area contributed by atoms with Crippen molar-refractivity contribution in [2.45, 2.75) is 45.1 Å². The number of carbonyl (C=O) groups excluding carboxylic acids is 1. The number of hydrogen-bond acceptors (Lipinski definition) is 3. The van der Waals surface area contributed by atoms with E-state index in [1.54, 1.807) is 0 Å². The SMILES string of the molecule is CCC(=O)C(C)C1CCOC2(CCSC2)C1. The minimum Gasteiger partial charge on any atom is -0.374 e. The van der Waals surface area contributed by atoms with Crippen LogP contribution in [0.2, 0.25) is 0 Å². The van der Waals surface area contributed by atoms with E-state index < -0.39 is 0 Å². The Labute approximate surface area is 103 Å². The quantitative estimate of drug-likeness (QED) is 0.761. The molecule has 2 aliphatic rings. The molecule has 1 spiro atoms. The molecule has 2 heterocycles. The summed E-state index contributed by atoms with van der Waals surface area (Å²) in [7, 11) is 0. The molecule has 0 radical (unpaired) electrons. The van der Waals surface area contributed by atoms with Crippen molar-refractivity contribution in [1.29, 1.82) is 0 Å². The maximum absolute atomic E-state index is 11.8. The van der Waals surface area contributed by atoms with Crippen LogP contribution < -0.4 is 0 Å². The Hall–Kier alpha value is -0.0200. The fourth-order valence-electron chi connectivity index (χ4n) is 2.94. The molecule has 16 heavy (non-hydrogen) atoms. The summed E-state index contributed by atoms with van der Waals surface area (Å²) in [6, 6.07) is 0. The van der Waals surface area contributed by atoms with E-state index >= 15 is 0 Å². The van der Waals surface area contributed by atoms with Crippen LogP contribution in [-0.4, -0.2) is 29.5 Å². The molecule has 3 heteroatoms. The zero-order valence-corrected chi connectivity index (χ0v) is 11.1. The summed E-state index contributed by atoms with van der Waals surface area (Å²) in [5.41, 5.74) is 0.121. The normalized spacial score (nSPS) is 36.5. The van der Waals surface area contributed by atoms with Gasteiger partial charge in [-0.05, 0) is 30.9 Å². The molecule has 3 atom stereocenters. The Morgan fingerprint density at radius 1 is 1.62 bits per heavy atom. The zero-order chi connectivity index (χ0) is 11.6. The van der Waals surface area contributed by atoms with Crippen molar-refractivity contribution in [3.63, 3.8) is 0 Å². The molecule has 0 bridgehead atoms. The maximum atomic E-state index is 11.8. The molecule has 0 amide bonds. The van der Waals surface area contributed by atoms with Gasteiger partial charge in [0.05, 0.1) is 5.60 Å². The van der Waals surface area contributed by atoms with Crippen LogP contribution in [0.3, 0.4) is 0 Å². The topological polar surface area (TPSA) is 26.3 Å². The van der Waals surface area contributed by atoms with Gasteiger partial charge < -0.3 is 4.74 Å². The summed E-state index contributed by atoms with van der Waals surface area (Å²) in [4.78, 5) is 11.8. The standard InChI is InChI=1S/C13H22O2S/c1-3-12(14)10(2)11-4-6-15-13(8-11)5-7-16-9-13/h10-11H,3-9H2,1-2H3. The van der Waals surface area contributed by atoms with E-state index in [1.807, 2.05) is 18.7 Å². The van der Waals surface area contributed by atoms with Crippen molar-refractivity contribution < 1.29 is 9.53 Å². The first-order chi connectivity index (χ1) is 7.67. The Morgan fingerprint density at radius 2 is 2.44 bits per heavy atom. The third-order valence-electron chi connectivity index (χ3n) is 4.16. The van der Waals surface area contributed by atoms with Crippen molar-refractivity contribution >= 4 is 17.5 Å². The molecular formula is C13H22O2S. The van der Waals surface area contributed by atoms with E-state index in [1.165, 1.54) is 12.2 Å². The van der Waals surface area contributed by atoms with Gasteiger partial charge in [-0.3, -0.25) is 4.79 Å². The molecule has 2 aliphatic heterocycles. The molecule has 2 rings (SSSR count). The summed E-state index contributed by atoms with van der Waals surface area (Å²) in [6.07, 6.45) is 4.04. The molecule has 0 aromatic carbocycles. The Morgan fingerprint density at radius 3 is 3.06 bits per heavy atom. The number of hydrogen-bond donors (Lipinski definition) is 0. The van der Waals surface area contributed by atoms with Crippen LogP contribution >= 0.6 is 11.8 Å². The molecule has 0 N–H and O–H groups in total. The van der Waals surface area contributed by atoms with Crippen molar-refractivity contribution in [2.24, 2.45) is 11.8 Å². The van der Waals surface area contributed by atoms with Gasteiger partial charge in [-0.1, -0.05) is 13.8 Å². The fourth-order valence-corrected chi connectivity index (χ4v) is 4.32. The minimum atomic E-state index is 0.121. The number of Topliss-reactive ketones (excluding diaryl/α,β-unsaturated/α-hetero) is 1. The van der Waals surface area contributed by atoms with Crippen molar-refractivity contribution in [3.05, 3.63) is 0 Å². The Kier molecular flexibility index (Phi) is 3.96. The van der Waals surface area contributed by atoms with Gasteiger partial charge >= 0.3 is 0 Å². The van der Waals surface area contributed by atoms with Gasteiger partial charge in [0.25, 0.3) is 0 Å². The van der Waals surface area contributed by atoms with Crippen LogP contribution in [0.5, 0.6) is 0 Å². The molecule has 0 aromatic heterocycles. The summed E-state index contributed by atoms with van der Waals surface area (Å²) >= 11 is 2.00. The van der Waals surface area contributed by atoms with E-state index in [2.05, 4.69) is 6.92 Å². The summed E-state index contributed by atoms with van der Waals surface area (Å²) in [5, 5.41) is 0. The minimum absolute atomic E-state index is 0.121. The second-order valence-corrected chi connectivity index (χ2v) is 6.30. The number of ether oxygens (including phenoxy) is 1. The highest BCUT2D eigenvalue weighted by Gasteiger charge is 2.42. The molecule has 92 valence electrons. The van der Waals surface area contributed by atoms with Crippen LogP contribution in [0.25, 0.3) is 0 Å². The second-order valence-electron chi connectivity index (χ2n) is 5.20. The number of carbonyl (C=O) groups is 1. The highest BCUT2D eigenvalue weighted by atomic mass is 32.2. The largest absolute Gasteiger partial charge is 0.374 e. The molecule has 0 aromatic rings. The van der Waals surface area contributed by atoms with Gasteiger partial charge in [0.2, 0.25) is 0 Å². The first-order valence-electron chi connectivity index (χ1n) is 6.41. The average molecular weight is 242 g/mol. The maximum Gasteiger partial charge on any atom is 0.135 e. The predicted octanol–water partition coefficient (Wildman–Crippen LogP) is 2.90. The van der Waals surface area contributed by atoms with Gasteiger partial charge in [0.1, 0.15) is 5.78 Å². The molecule has 0 saturated carbocycles. The smallest absolute Gasteiger partial charge is 0.135 e. The van der Waals surface area contributed by atoms with Crippen LogP contribution in [0.4, 0.5) is 0 Å². The van der Waals surface area contributed by atoms with Crippen LogP contribution in [0, 0.1) is 11.8 Å². The monoisotopic (exact) mass is 242 g/mol. The average Bonchev–Trinajstić information content (AvgIpc) is 2.75. The van der Waals surface area contributed by atoms with E-state index in [9.17, 15) is 4.79 Å². The molecular weight excluding hydrogens is 220 g/mol. The van der Waals surface area contributed by atoms with E-state index in [0.29, 0.717) is 18.1 Å². The van der Waals surface area contributed by atoms with Crippen molar-refractivity contribution in [2.75, 3.05) is 18.1 Å². The highest BCUT2D eigenvalue weighted by Crippen LogP contribution is 2.42. The van der Waals surface area contributed by atoms with Gasteiger partial charge in [0, 0.05) is 24.7 Å². The van der Waals surface area contributed by atoms with Crippen molar-refractivity contribution in [1.82, 2.24) is 0 Å². The van der Waals surface area contributed by atoms with Crippen LogP contribution in [-0.2, 0) is 9.53 Å². The summed E-state index contributed by atoms with van der Waals surface area (Å²) in [6.45, 7) is 4.93. The number of rotatable bonds is 3. The molecule has 2 saturated heterocycles. The lowest BCUT2D eigenvalue weighted by Crippen LogP contribution is -2.42. The van der Waals surface area contributed by atoms with Crippen LogP contribution in [0.15, 0.2) is 0 Å². The lowest BCUT2D eigenvalue weighted by atomic mass is 9.77.